The van der Waals surface area contributed by atoms with Gasteiger partial charge in [-0.15, -0.1) is 0 Å². The molecule has 68 valence electrons. The molecule has 1 aromatic carbocycles. The Labute approximate surface area is 77.2 Å². The van der Waals surface area contributed by atoms with Crippen molar-refractivity contribution in [3.8, 4) is 6.07 Å². The molecule has 0 fully saturated rings. The first-order valence-electron chi connectivity index (χ1n) is 4.15. The van der Waals surface area contributed by atoms with E-state index >= 15 is 0 Å². The van der Waals surface area contributed by atoms with Crippen LogP contribution in [0.5, 0.6) is 0 Å². The Morgan fingerprint density at radius 3 is 2.85 bits per heavy atom. The second kappa shape index (κ2) is 4.46. The minimum Gasteiger partial charge on any atom is -0.358 e. The van der Waals surface area contributed by atoms with Gasteiger partial charge in [-0.25, -0.2) is 4.39 Å². The van der Waals surface area contributed by atoms with Crippen molar-refractivity contribution in [2.24, 2.45) is 0 Å². The third kappa shape index (κ3) is 2.45. The summed E-state index contributed by atoms with van der Waals surface area (Å²) < 4.78 is 12.8. The molecule has 0 aromatic heterocycles. The van der Waals surface area contributed by atoms with Crippen LogP contribution in [0.15, 0.2) is 24.3 Å². The summed E-state index contributed by atoms with van der Waals surface area (Å²) in [5.74, 6) is -0.270. The van der Waals surface area contributed by atoms with Crippen LogP contribution in [0.25, 0.3) is 0 Å². The highest BCUT2D eigenvalue weighted by Gasteiger charge is 2.03. The van der Waals surface area contributed by atoms with Crippen molar-refractivity contribution in [3.05, 3.63) is 30.1 Å². The van der Waals surface area contributed by atoms with Gasteiger partial charge >= 0.3 is 0 Å². The first-order valence-corrected chi connectivity index (χ1v) is 4.15. The lowest BCUT2D eigenvalue weighted by Crippen LogP contribution is -2.22. The normalized spacial score (nSPS) is 9.31. The molecule has 0 saturated heterocycles. The topological polar surface area (TPSA) is 27.0 Å². The minimum atomic E-state index is -0.270. The van der Waals surface area contributed by atoms with Crippen molar-refractivity contribution in [2.45, 2.75) is 6.92 Å². The Morgan fingerprint density at radius 2 is 2.31 bits per heavy atom. The zero-order valence-corrected chi connectivity index (χ0v) is 7.50. The average molecular weight is 178 g/mol. The van der Waals surface area contributed by atoms with E-state index in [0.717, 1.165) is 5.69 Å². The third-order valence-electron chi connectivity index (χ3n) is 1.82. The lowest BCUT2D eigenvalue weighted by molar-refractivity contribution is 0.627. The molecule has 0 spiro atoms. The molecule has 3 heteroatoms. The van der Waals surface area contributed by atoms with Crippen LogP contribution < -0.4 is 4.90 Å². The molecule has 0 radical (unpaired) electrons. The van der Waals surface area contributed by atoms with Gasteiger partial charge in [-0.2, -0.15) is 5.26 Å². The van der Waals surface area contributed by atoms with Crippen molar-refractivity contribution < 1.29 is 4.39 Å². The van der Waals surface area contributed by atoms with E-state index in [0.29, 0.717) is 13.1 Å². The Hall–Kier alpha value is -1.56. The Balaban J connectivity index is 2.86. The van der Waals surface area contributed by atoms with E-state index in [4.69, 9.17) is 5.26 Å². The van der Waals surface area contributed by atoms with Crippen LogP contribution in [0.4, 0.5) is 10.1 Å². The molecule has 0 saturated carbocycles. The molecule has 1 rings (SSSR count). The molecule has 0 atom stereocenters. The summed E-state index contributed by atoms with van der Waals surface area (Å²) in [6.07, 6.45) is 0. The summed E-state index contributed by atoms with van der Waals surface area (Å²) in [5.41, 5.74) is 0.754. The maximum Gasteiger partial charge on any atom is 0.125 e. The van der Waals surface area contributed by atoms with Gasteiger partial charge in [0.25, 0.3) is 0 Å². The van der Waals surface area contributed by atoms with E-state index in [1.165, 1.54) is 12.1 Å². The van der Waals surface area contributed by atoms with Gasteiger partial charge < -0.3 is 4.90 Å². The van der Waals surface area contributed by atoms with Crippen LogP contribution in [0.2, 0.25) is 0 Å². The molecule has 0 aliphatic carbocycles. The highest BCUT2D eigenvalue weighted by Crippen LogP contribution is 2.14. The van der Waals surface area contributed by atoms with Crippen LogP contribution in [-0.2, 0) is 0 Å². The second-order valence-corrected chi connectivity index (χ2v) is 2.65. The highest BCUT2D eigenvalue weighted by molar-refractivity contribution is 5.47. The van der Waals surface area contributed by atoms with Crippen LogP contribution in [0.3, 0.4) is 0 Å². The lowest BCUT2D eigenvalue weighted by Gasteiger charge is -2.19. The predicted octanol–water partition coefficient (Wildman–Crippen LogP) is 2.18. The number of benzene rings is 1. The van der Waals surface area contributed by atoms with Gasteiger partial charge in [-0.1, -0.05) is 6.07 Å². The van der Waals surface area contributed by atoms with E-state index in [9.17, 15) is 4.39 Å². The largest absolute Gasteiger partial charge is 0.358 e. The van der Waals surface area contributed by atoms with Crippen LogP contribution >= 0.6 is 0 Å². The SMILES string of the molecule is CCN(CC#N)c1cccc(F)c1. The fourth-order valence-corrected chi connectivity index (χ4v) is 1.14. The van der Waals surface area contributed by atoms with Gasteiger partial charge in [0.05, 0.1) is 6.07 Å². The van der Waals surface area contributed by atoms with E-state index in [2.05, 4.69) is 0 Å². The van der Waals surface area contributed by atoms with Crippen LogP contribution in [0, 0.1) is 17.1 Å². The van der Waals surface area contributed by atoms with Gasteiger partial charge in [0.2, 0.25) is 0 Å². The number of hydrogen-bond acceptors (Lipinski definition) is 2. The van der Waals surface area contributed by atoms with Crippen molar-refractivity contribution in [1.82, 2.24) is 0 Å². The van der Waals surface area contributed by atoms with Crippen LogP contribution in [-0.4, -0.2) is 13.1 Å². The maximum atomic E-state index is 12.8. The zero-order chi connectivity index (χ0) is 9.68. The monoisotopic (exact) mass is 178 g/mol. The van der Waals surface area contributed by atoms with Crippen molar-refractivity contribution in [2.75, 3.05) is 18.0 Å². The fraction of sp³-hybridized carbons (Fsp3) is 0.300. The second-order valence-electron chi connectivity index (χ2n) is 2.65. The molecule has 0 aliphatic rings. The molecule has 0 aliphatic heterocycles. The number of rotatable bonds is 3. The van der Waals surface area contributed by atoms with Crippen molar-refractivity contribution in [3.63, 3.8) is 0 Å². The smallest absolute Gasteiger partial charge is 0.125 e. The Morgan fingerprint density at radius 1 is 1.54 bits per heavy atom. The van der Waals surface area contributed by atoms with Gasteiger partial charge in [-0.3, -0.25) is 0 Å². The predicted molar refractivity (Wildman–Crippen MR) is 49.9 cm³/mol. The summed E-state index contributed by atoms with van der Waals surface area (Å²) in [6, 6.07) is 8.30. The summed E-state index contributed by atoms with van der Waals surface area (Å²) in [6.45, 7) is 2.93. The summed E-state index contributed by atoms with van der Waals surface area (Å²) >= 11 is 0. The van der Waals surface area contributed by atoms with Gasteiger partial charge in [0.1, 0.15) is 12.4 Å². The number of anilines is 1. The van der Waals surface area contributed by atoms with Crippen molar-refractivity contribution >= 4 is 5.69 Å². The fourth-order valence-electron chi connectivity index (χ4n) is 1.14. The molecular formula is C10H11FN2. The van der Waals surface area contributed by atoms with Crippen molar-refractivity contribution in [1.29, 1.82) is 5.26 Å². The zero-order valence-electron chi connectivity index (χ0n) is 7.50. The summed E-state index contributed by atoms with van der Waals surface area (Å²) in [4.78, 5) is 1.81. The van der Waals surface area contributed by atoms with Crippen LogP contribution in [0.1, 0.15) is 6.92 Å². The maximum absolute atomic E-state index is 12.8. The van der Waals surface area contributed by atoms with E-state index in [1.54, 1.807) is 12.1 Å². The first kappa shape index (κ1) is 9.53. The van der Waals surface area contributed by atoms with E-state index in [1.807, 2.05) is 17.9 Å². The average Bonchev–Trinajstić information content (AvgIpc) is 2.14. The molecule has 13 heavy (non-hydrogen) atoms. The number of nitriles is 1. The Bertz CT molecular complexity index is 317. The Kier molecular flexibility index (Phi) is 3.27. The molecular weight excluding hydrogens is 167 g/mol. The molecule has 0 unspecified atom stereocenters. The lowest BCUT2D eigenvalue weighted by atomic mass is 10.3. The molecule has 1 aromatic rings. The minimum absolute atomic E-state index is 0.270. The van der Waals surface area contributed by atoms with E-state index < -0.39 is 0 Å². The number of nitrogens with zero attached hydrogens (tertiary/aromatic N) is 2. The quantitative estimate of drug-likeness (QED) is 0.663. The molecule has 2 nitrogen and oxygen atoms in total. The number of hydrogen-bond donors (Lipinski definition) is 0. The molecule has 0 bridgehead atoms. The third-order valence-corrected chi connectivity index (χ3v) is 1.82. The highest BCUT2D eigenvalue weighted by atomic mass is 19.1. The molecule has 0 heterocycles. The molecule has 0 N–H and O–H groups in total. The summed E-state index contributed by atoms with van der Waals surface area (Å²) in [5, 5.41) is 8.51. The molecule has 0 amide bonds. The summed E-state index contributed by atoms with van der Waals surface area (Å²) in [7, 11) is 0. The van der Waals surface area contributed by atoms with E-state index in [-0.39, 0.29) is 5.82 Å². The standard InChI is InChI=1S/C10H11FN2/c1-2-13(7-6-12)10-5-3-4-9(11)8-10/h3-5,8H,2,7H2,1H3. The van der Waals surface area contributed by atoms with Gasteiger partial charge in [-0.05, 0) is 25.1 Å². The van der Waals surface area contributed by atoms with Gasteiger partial charge in [0.15, 0.2) is 0 Å². The van der Waals surface area contributed by atoms with Gasteiger partial charge in [0, 0.05) is 12.2 Å². The first-order chi connectivity index (χ1) is 6.27. The number of halogens is 1.